The van der Waals surface area contributed by atoms with Crippen molar-refractivity contribution >= 4 is 17.4 Å². The number of hydrogen-bond donors (Lipinski definition) is 4. The van der Waals surface area contributed by atoms with Crippen LogP contribution in [0.15, 0.2) is 30.3 Å². The van der Waals surface area contributed by atoms with Gasteiger partial charge in [0.25, 0.3) is 0 Å². The standard InChI is InChI=1S/C8H9NO2.C4H8O.C3H8O2/c10-8(11)6-9-7-4-2-1-3-5-7;1-3-4(2)5;1-3(5)2-4/h1-5,9H,6H2,(H,10,11);3H2,1-2H3;3-5H,2H2,1H3. The van der Waals surface area contributed by atoms with Crippen molar-refractivity contribution in [3.8, 4) is 0 Å². The Morgan fingerprint density at radius 2 is 1.67 bits per heavy atom. The summed E-state index contributed by atoms with van der Waals surface area (Å²) in [5.74, 6) is -0.598. The van der Waals surface area contributed by atoms with E-state index >= 15 is 0 Å². The molecule has 4 N–H and O–H groups in total. The molecule has 1 atom stereocenters. The number of carbonyl (C=O) groups excluding carboxylic acids is 1. The van der Waals surface area contributed by atoms with Gasteiger partial charge in [0, 0.05) is 12.1 Å². The number of aliphatic carboxylic acids is 1. The maximum Gasteiger partial charge on any atom is 0.322 e. The minimum Gasteiger partial charge on any atom is -0.480 e. The molecule has 1 unspecified atom stereocenters. The number of aliphatic hydroxyl groups is 2. The second-order valence-electron chi connectivity index (χ2n) is 4.20. The Morgan fingerprint density at radius 1 is 1.24 bits per heavy atom. The van der Waals surface area contributed by atoms with E-state index in [4.69, 9.17) is 15.3 Å². The van der Waals surface area contributed by atoms with Gasteiger partial charge in [-0.1, -0.05) is 25.1 Å². The number of carbonyl (C=O) groups is 2. The van der Waals surface area contributed by atoms with Crippen molar-refractivity contribution in [1.82, 2.24) is 0 Å². The van der Waals surface area contributed by atoms with Crippen LogP contribution in [0.5, 0.6) is 0 Å². The van der Waals surface area contributed by atoms with Crippen LogP contribution in [0.2, 0.25) is 0 Å². The third kappa shape index (κ3) is 20.6. The fraction of sp³-hybridized carbons (Fsp3) is 0.467. The van der Waals surface area contributed by atoms with Gasteiger partial charge in [0.1, 0.15) is 12.3 Å². The Bertz CT molecular complexity index is 379. The van der Waals surface area contributed by atoms with Crippen LogP contribution in [-0.2, 0) is 9.59 Å². The van der Waals surface area contributed by atoms with E-state index in [9.17, 15) is 9.59 Å². The third-order valence-corrected chi connectivity index (χ3v) is 1.98. The first-order valence-electron chi connectivity index (χ1n) is 6.62. The topological polar surface area (TPSA) is 107 Å². The quantitative estimate of drug-likeness (QED) is 0.657. The number of nitrogens with one attached hydrogen (secondary N) is 1. The van der Waals surface area contributed by atoms with E-state index in [0.29, 0.717) is 6.42 Å². The smallest absolute Gasteiger partial charge is 0.322 e. The van der Waals surface area contributed by atoms with E-state index in [-0.39, 0.29) is 18.9 Å². The number of carboxylic acids is 1. The summed E-state index contributed by atoms with van der Waals surface area (Å²) in [6.45, 7) is 4.78. The van der Waals surface area contributed by atoms with Gasteiger partial charge in [0.05, 0.1) is 12.7 Å². The first kappa shape index (κ1) is 21.4. The zero-order valence-corrected chi connectivity index (χ0v) is 12.7. The van der Waals surface area contributed by atoms with Crippen molar-refractivity contribution in [2.75, 3.05) is 18.5 Å². The lowest BCUT2D eigenvalue weighted by Crippen LogP contribution is -2.11. The highest BCUT2D eigenvalue weighted by Gasteiger charge is 1.94. The molecule has 0 aliphatic heterocycles. The molecule has 0 fully saturated rings. The van der Waals surface area contributed by atoms with Crippen LogP contribution in [-0.4, -0.2) is 46.3 Å². The predicted octanol–water partition coefficient (Wildman–Crippen LogP) is 1.53. The van der Waals surface area contributed by atoms with Crippen molar-refractivity contribution < 1.29 is 24.9 Å². The first-order chi connectivity index (χ1) is 9.83. The van der Waals surface area contributed by atoms with Crippen LogP contribution in [0.25, 0.3) is 0 Å². The van der Waals surface area contributed by atoms with E-state index in [2.05, 4.69) is 5.32 Å². The molecular formula is C15H25NO5. The van der Waals surface area contributed by atoms with Crippen LogP contribution in [0.1, 0.15) is 27.2 Å². The van der Waals surface area contributed by atoms with E-state index < -0.39 is 12.1 Å². The molecule has 0 aliphatic rings. The van der Waals surface area contributed by atoms with Gasteiger partial charge < -0.3 is 25.4 Å². The van der Waals surface area contributed by atoms with Gasteiger partial charge in [0.2, 0.25) is 0 Å². The van der Waals surface area contributed by atoms with Crippen molar-refractivity contribution in [2.24, 2.45) is 0 Å². The van der Waals surface area contributed by atoms with Gasteiger partial charge in [-0.05, 0) is 26.0 Å². The predicted molar refractivity (Wildman–Crippen MR) is 82.3 cm³/mol. The Balaban J connectivity index is 0. The summed E-state index contributed by atoms with van der Waals surface area (Å²) in [4.78, 5) is 19.9. The van der Waals surface area contributed by atoms with Crippen molar-refractivity contribution in [2.45, 2.75) is 33.3 Å². The highest BCUT2D eigenvalue weighted by atomic mass is 16.4. The van der Waals surface area contributed by atoms with E-state index in [1.807, 2.05) is 37.3 Å². The summed E-state index contributed by atoms with van der Waals surface area (Å²) < 4.78 is 0. The Hall–Kier alpha value is -1.92. The molecule has 120 valence electrons. The second kappa shape index (κ2) is 14.5. The van der Waals surface area contributed by atoms with Crippen LogP contribution >= 0.6 is 0 Å². The maximum atomic E-state index is 10.1. The molecule has 6 nitrogen and oxygen atoms in total. The number of carboxylic acid groups (broad SMARTS) is 1. The monoisotopic (exact) mass is 299 g/mol. The molecule has 1 aromatic carbocycles. The summed E-state index contributed by atoms with van der Waals surface area (Å²) in [5, 5.41) is 27.1. The number of Topliss-reactive ketones (excluding diaryl/α,β-unsaturated/α-hetero) is 1. The molecule has 0 spiro atoms. The third-order valence-electron chi connectivity index (χ3n) is 1.98. The average Bonchev–Trinajstić information content (AvgIpc) is 2.47. The number of hydrogen-bond acceptors (Lipinski definition) is 5. The Labute approximate surface area is 125 Å². The molecule has 0 saturated carbocycles. The van der Waals surface area contributed by atoms with Crippen LogP contribution in [0.4, 0.5) is 5.69 Å². The largest absolute Gasteiger partial charge is 0.480 e. The van der Waals surface area contributed by atoms with Crippen LogP contribution in [0.3, 0.4) is 0 Å². The normalized spacial score (nSPS) is 10.1. The summed E-state index contributed by atoms with van der Waals surface area (Å²) >= 11 is 0. The molecule has 0 aliphatic carbocycles. The summed E-state index contributed by atoms with van der Waals surface area (Å²) in [6.07, 6.45) is 0.106. The Morgan fingerprint density at radius 3 is 1.95 bits per heavy atom. The molecule has 6 heteroatoms. The SMILES string of the molecule is CC(O)CO.CCC(C)=O.O=C(O)CNc1ccccc1. The first-order valence-corrected chi connectivity index (χ1v) is 6.62. The maximum absolute atomic E-state index is 10.1. The highest BCUT2D eigenvalue weighted by molar-refractivity contribution is 5.74. The number of rotatable bonds is 5. The molecule has 0 radical (unpaired) electrons. The molecule has 0 saturated heterocycles. The molecule has 0 aromatic heterocycles. The van der Waals surface area contributed by atoms with Crippen LogP contribution < -0.4 is 5.32 Å². The van der Waals surface area contributed by atoms with Gasteiger partial charge in [0.15, 0.2) is 0 Å². The second-order valence-corrected chi connectivity index (χ2v) is 4.20. The minimum atomic E-state index is -0.853. The fourth-order valence-corrected chi connectivity index (χ4v) is 0.734. The van der Waals surface area contributed by atoms with Gasteiger partial charge in [-0.3, -0.25) is 4.79 Å². The number of ketones is 1. The minimum absolute atomic E-state index is 0.0377. The zero-order valence-electron chi connectivity index (χ0n) is 12.7. The zero-order chi connectivity index (χ0) is 16.7. The highest BCUT2D eigenvalue weighted by Crippen LogP contribution is 2.03. The van der Waals surface area contributed by atoms with Gasteiger partial charge in [-0.15, -0.1) is 0 Å². The van der Waals surface area contributed by atoms with Crippen molar-refractivity contribution in [3.63, 3.8) is 0 Å². The number of aliphatic hydroxyl groups excluding tert-OH is 2. The number of benzene rings is 1. The van der Waals surface area contributed by atoms with Gasteiger partial charge in [-0.25, -0.2) is 0 Å². The van der Waals surface area contributed by atoms with Gasteiger partial charge >= 0.3 is 5.97 Å². The van der Waals surface area contributed by atoms with E-state index in [1.54, 1.807) is 6.92 Å². The summed E-state index contributed by atoms with van der Waals surface area (Å²) in [6, 6.07) is 9.23. The fourth-order valence-electron chi connectivity index (χ4n) is 0.734. The molecule has 0 amide bonds. The summed E-state index contributed by atoms with van der Waals surface area (Å²) in [5.41, 5.74) is 0.829. The van der Waals surface area contributed by atoms with Crippen molar-refractivity contribution in [1.29, 1.82) is 0 Å². The number of para-hydroxylation sites is 1. The molecule has 1 aromatic rings. The molecular weight excluding hydrogens is 274 g/mol. The lowest BCUT2D eigenvalue weighted by atomic mass is 10.3. The lowest BCUT2D eigenvalue weighted by molar-refractivity contribution is -0.135. The average molecular weight is 299 g/mol. The van der Waals surface area contributed by atoms with Crippen LogP contribution in [0, 0.1) is 0 Å². The molecule has 0 heterocycles. The Kier molecular flexibility index (Phi) is 14.8. The number of anilines is 1. The molecule has 0 bridgehead atoms. The lowest BCUT2D eigenvalue weighted by Gasteiger charge is -2.00. The van der Waals surface area contributed by atoms with Gasteiger partial charge in [-0.2, -0.15) is 0 Å². The van der Waals surface area contributed by atoms with E-state index in [0.717, 1.165) is 5.69 Å². The molecule has 21 heavy (non-hydrogen) atoms. The van der Waals surface area contributed by atoms with Crippen molar-refractivity contribution in [3.05, 3.63) is 30.3 Å². The van der Waals surface area contributed by atoms with E-state index in [1.165, 1.54) is 6.92 Å². The summed E-state index contributed by atoms with van der Waals surface area (Å²) in [7, 11) is 0. The molecule has 1 rings (SSSR count).